The molecule has 0 saturated carbocycles. The van der Waals surface area contributed by atoms with E-state index in [4.69, 9.17) is 16.7 Å². The number of pyridine rings is 1. The van der Waals surface area contributed by atoms with Crippen molar-refractivity contribution in [1.82, 2.24) is 4.98 Å². The predicted octanol–water partition coefficient (Wildman–Crippen LogP) is 2.28. The first-order valence-electron chi connectivity index (χ1n) is 3.70. The number of hydrogen-bond acceptors (Lipinski definition) is 4. The number of hydrogen-bond donors (Lipinski definition) is 1. The van der Waals surface area contributed by atoms with Crippen LogP contribution in [0.15, 0.2) is 6.20 Å². The maximum Gasteiger partial charge on any atom is 0.355 e. The zero-order chi connectivity index (χ0) is 12.5. The highest BCUT2D eigenvalue weighted by Crippen LogP contribution is 2.35. The number of carboxylic acids is 1. The van der Waals surface area contributed by atoms with Crippen LogP contribution >= 0.6 is 11.6 Å². The predicted molar refractivity (Wildman–Crippen MR) is 47.8 cm³/mol. The minimum absolute atomic E-state index is 0.525. The van der Waals surface area contributed by atoms with E-state index in [0.29, 0.717) is 6.20 Å². The Hall–Kier alpha value is -1.83. The van der Waals surface area contributed by atoms with E-state index in [2.05, 4.69) is 4.98 Å². The molecular formula is C7H3ClF2N2O4. The van der Waals surface area contributed by atoms with Crippen LogP contribution in [0.25, 0.3) is 0 Å². The number of carboxylic acid groups (broad SMARTS) is 1. The molecule has 1 heterocycles. The lowest BCUT2D eigenvalue weighted by Crippen LogP contribution is -2.08. The quantitative estimate of drug-likeness (QED) is 0.658. The lowest BCUT2D eigenvalue weighted by Gasteiger charge is -2.06. The van der Waals surface area contributed by atoms with Crippen molar-refractivity contribution in [3.63, 3.8) is 0 Å². The molecule has 1 rings (SSSR count). The molecule has 1 N–H and O–H groups in total. The Morgan fingerprint density at radius 3 is 2.56 bits per heavy atom. The SMILES string of the molecule is O=C(O)c1ncc([N+](=O)[O-])c(Cl)c1C(F)F. The van der Waals surface area contributed by atoms with Gasteiger partial charge in [0.25, 0.3) is 6.43 Å². The van der Waals surface area contributed by atoms with Crippen LogP contribution in [0.3, 0.4) is 0 Å². The molecule has 6 nitrogen and oxygen atoms in total. The normalized spacial score (nSPS) is 10.5. The molecule has 0 radical (unpaired) electrons. The molecule has 0 aliphatic rings. The van der Waals surface area contributed by atoms with Crippen LogP contribution in [0.1, 0.15) is 22.5 Å². The number of halogens is 3. The second-order valence-corrected chi connectivity index (χ2v) is 2.96. The van der Waals surface area contributed by atoms with Gasteiger partial charge in [-0.05, 0) is 0 Å². The first kappa shape index (κ1) is 12.2. The number of alkyl halides is 2. The molecule has 0 aromatic carbocycles. The largest absolute Gasteiger partial charge is 0.476 e. The van der Waals surface area contributed by atoms with Crippen LogP contribution in [0.5, 0.6) is 0 Å². The topological polar surface area (TPSA) is 93.3 Å². The van der Waals surface area contributed by atoms with Gasteiger partial charge in [0.15, 0.2) is 5.69 Å². The molecule has 1 aromatic heterocycles. The molecule has 0 saturated heterocycles. The maximum atomic E-state index is 12.5. The summed E-state index contributed by atoms with van der Waals surface area (Å²) < 4.78 is 25.0. The van der Waals surface area contributed by atoms with Gasteiger partial charge in [-0.2, -0.15) is 0 Å². The van der Waals surface area contributed by atoms with Gasteiger partial charge in [-0.3, -0.25) is 10.1 Å². The minimum Gasteiger partial charge on any atom is -0.476 e. The van der Waals surface area contributed by atoms with E-state index in [-0.39, 0.29) is 0 Å². The van der Waals surface area contributed by atoms with Gasteiger partial charge in [-0.25, -0.2) is 18.6 Å². The third kappa shape index (κ3) is 2.06. The van der Waals surface area contributed by atoms with E-state index < -0.39 is 39.3 Å². The minimum atomic E-state index is -3.26. The van der Waals surface area contributed by atoms with Gasteiger partial charge in [0.2, 0.25) is 0 Å². The summed E-state index contributed by atoms with van der Waals surface area (Å²) >= 11 is 5.32. The molecular weight excluding hydrogens is 250 g/mol. The summed E-state index contributed by atoms with van der Waals surface area (Å²) in [6, 6.07) is 0. The van der Waals surface area contributed by atoms with Crippen LogP contribution in [-0.4, -0.2) is 21.0 Å². The fourth-order valence-corrected chi connectivity index (χ4v) is 1.28. The van der Waals surface area contributed by atoms with E-state index >= 15 is 0 Å². The van der Waals surface area contributed by atoms with E-state index in [9.17, 15) is 23.7 Å². The van der Waals surface area contributed by atoms with Crippen LogP contribution < -0.4 is 0 Å². The molecule has 86 valence electrons. The van der Waals surface area contributed by atoms with Crippen molar-refractivity contribution in [2.45, 2.75) is 6.43 Å². The Labute approximate surface area is 91.6 Å². The number of carbonyl (C=O) groups is 1. The van der Waals surface area contributed by atoms with Crippen molar-refractivity contribution >= 4 is 23.3 Å². The summed E-state index contributed by atoms with van der Waals surface area (Å²) in [6.45, 7) is 0. The summed E-state index contributed by atoms with van der Waals surface area (Å²) in [5, 5.41) is 18.0. The molecule has 0 bridgehead atoms. The van der Waals surface area contributed by atoms with Gasteiger partial charge in [0.1, 0.15) is 11.2 Å². The van der Waals surface area contributed by atoms with Crippen molar-refractivity contribution in [1.29, 1.82) is 0 Å². The fraction of sp³-hybridized carbons (Fsp3) is 0.143. The molecule has 0 atom stereocenters. The van der Waals surface area contributed by atoms with Gasteiger partial charge in [0.05, 0.1) is 10.5 Å². The third-order valence-electron chi connectivity index (χ3n) is 1.65. The monoisotopic (exact) mass is 252 g/mol. The average Bonchev–Trinajstić information content (AvgIpc) is 2.15. The maximum absolute atomic E-state index is 12.5. The zero-order valence-electron chi connectivity index (χ0n) is 7.35. The van der Waals surface area contributed by atoms with Crippen molar-refractivity contribution in [2.75, 3.05) is 0 Å². The molecule has 0 fully saturated rings. The number of aromatic carboxylic acids is 1. The highest BCUT2D eigenvalue weighted by Gasteiger charge is 2.29. The molecule has 0 aliphatic carbocycles. The summed E-state index contributed by atoms with van der Waals surface area (Å²) in [4.78, 5) is 23.0. The lowest BCUT2D eigenvalue weighted by atomic mass is 10.2. The second kappa shape index (κ2) is 4.35. The van der Waals surface area contributed by atoms with Crippen molar-refractivity contribution in [3.05, 3.63) is 32.6 Å². The van der Waals surface area contributed by atoms with Crippen LogP contribution in [0.2, 0.25) is 5.02 Å². The molecule has 0 spiro atoms. The lowest BCUT2D eigenvalue weighted by molar-refractivity contribution is -0.385. The first-order chi connectivity index (χ1) is 7.36. The van der Waals surface area contributed by atoms with Gasteiger partial charge in [-0.15, -0.1) is 0 Å². The summed E-state index contributed by atoms with van der Waals surface area (Å²) in [5.74, 6) is -1.73. The Kier molecular flexibility index (Phi) is 3.33. The molecule has 0 aliphatic heterocycles. The van der Waals surface area contributed by atoms with Crippen LogP contribution in [-0.2, 0) is 0 Å². The van der Waals surface area contributed by atoms with Gasteiger partial charge in [-0.1, -0.05) is 11.6 Å². The molecule has 16 heavy (non-hydrogen) atoms. The molecule has 0 amide bonds. The molecule has 0 unspecified atom stereocenters. The van der Waals surface area contributed by atoms with Crippen LogP contribution in [0, 0.1) is 10.1 Å². The van der Waals surface area contributed by atoms with Crippen molar-refractivity contribution < 1.29 is 23.6 Å². The van der Waals surface area contributed by atoms with E-state index in [1.807, 2.05) is 0 Å². The Morgan fingerprint density at radius 1 is 1.62 bits per heavy atom. The highest BCUT2D eigenvalue weighted by molar-refractivity contribution is 6.33. The van der Waals surface area contributed by atoms with E-state index in [1.54, 1.807) is 0 Å². The van der Waals surface area contributed by atoms with Crippen LogP contribution in [0.4, 0.5) is 14.5 Å². The zero-order valence-corrected chi connectivity index (χ0v) is 8.11. The van der Waals surface area contributed by atoms with E-state index in [0.717, 1.165) is 0 Å². The molecule has 1 aromatic rings. The summed E-state index contributed by atoms with van der Waals surface area (Å²) in [7, 11) is 0. The Balaban J connectivity index is 3.54. The van der Waals surface area contributed by atoms with Gasteiger partial charge in [0, 0.05) is 0 Å². The Morgan fingerprint density at radius 2 is 2.19 bits per heavy atom. The van der Waals surface area contributed by atoms with Crippen molar-refractivity contribution in [3.8, 4) is 0 Å². The smallest absolute Gasteiger partial charge is 0.355 e. The number of nitro groups is 1. The first-order valence-corrected chi connectivity index (χ1v) is 4.08. The summed E-state index contributed by atoms with van der Waals surface area (Å²) in [5.41, 5.74) is -3.00. The highest BCUT2D eigenvalue weighted by atomic mass is 35.5. The third-order valence-corrected chi connectivity index (χ3v) is 2.05. The second-order valence-electron chi connectivity index (χ2n) is 2.58. The Bertz CT molecular complexity index is 466. The van der Waals surface area contributed by atoms with Gasteiger partial charge >= 0.3 is 11.7 Å². The number of nitrogens with zero attached hydrogens (tertiary/aromatic N) is 2. The number of aromatic nitrogens is 1. The summed E-state index contributed by atoms with van der Waals surface area (Å²) in [6.07, 6.45) is -2.73. The standard InChI is InChI=1S/C7H3ClF2N2O4/c8-4-2(12(15)16)1-11-5(7(13)14)3(4)6(9)10/h1,6H,(H,13,14). The van der Waals surface area contributed by atoms with Crippen molar-refractivity contribution in [2.24, 2.45) is 0 Å². The fourth-order valence-electron chi connectivity index (χ4n) is 0.991. The van der Waals surface area contributed by atoms with Gasteiger partial charge < -0.3 is 5.11 Å². The number of rotatable bonds is 3. The average molecular weight is 253 g/mol. The molecule has 9 heteroatoms. The van der Waals surface area contributed by atoms with E-state index in [1.165, 1.54) is 0 Å².